The molecule has 1 saturated carbocycles. The molecule has 1 aliphatic heterocycles. The molecule has 7 atom stereocenters. The Bertz CT molecular complexity index is 1550. The monoisotopic (exact) mass is 628 g/mol. The molecule has 0 N–H and O–H groups in total. The normalized spacial score (nSPS) is 25.3. The lowest BCUT2D eigenvalue weighted by Crippen LogP contribution is -2.70. The van der Waals surface area contributed by atoms with E-state index < -0.39 is 42.9 Å². The fourth-order valence-electron chi connectivity index (χ4n) is 6.34. The van der Waals surface area contributed by atoms with Crippen molar-refractivity contribution in [2.45, 2.75) is 69.3 Å². The zero-order valence-corrected chi connectivity index (χ0v) is 26.3. The molecule has 1 saturated heterocycles. The molecule has 2 bridgehead atoms. The summed E-state index contributed by atoms with van der Waals surface area (Å²) in [6.45, 7) is 1.55. The van der Waals surface area contributed by atoms with Gasteiger partial charge in [0, 0.05) is 5.56 Å². The van der Waals surface area contributed by atoms with Gasteiger partial charge in [-0.15, -0.1) is 0 Å². The Morgan fingerprint density at radius 2 is 0.638 bits per heavy atom. The Morgan fingerprint density at radius 3 is 1.00 bits per heavy atom. The summed E-state index contributed by atoms with van der Waals surface area (Å²) >= 11 is 0. The van der Waals surface area contributed by atoms with Crippen LogP contribution in [-0.2, 0) is 54.8 Å². The van der Waals surface area contributed by atoms with Gasteiger partial charge >= 0.3 is 0 Å². The Morgan fingerprint density at radius 1 is 0.340 bits per heavy atom. The second kappa shape index (κ2) is 15.6. The first-order valence-electron chi connectivity index (χ1n) is 16.3. The zero-order chi connectivity index (χ0) is 31.7. The molecule has 5 aromatic carbocycles. The van der Waals surface area contributed by atoms with Gasteiger partial charge in [-0.25, -0.2) is 0 Å². The predicted octanol–water partition coefficient (Wildman–Crippen LogP) is 7.82. The smallest absolute Gasteiger partial charge is 0.184 e. The van der Waals surface area contributed by atoms with E-state index in [0.29, 0.717) is 26.4 Å². The highest BCUT2D eigenvalue weighted by molar-refractivity contribution is 5.20. The fourth-order valence-corrected chi connectivity index (χ4v) is 6.34. The Labute approximate surface area is 276 Å². The highest BCUT2D eigenvalue weighted by Gasteiger charge is 2.59. The number of benzene rings is 5. The molecule has 2 fully saturated rings. The highest BCUT2D eigenvalue weighted by atomic mass is 16.7. The van der Waals surface area contributed by atoms with Crippen LogP contribution in [-0.4, -0.2) is 36.6 Å². The molecule has 6 nitrogen and oxygen atoms in total. The van der Waals surface area contributed by atoms with E-state index in [1.54, 1.807) is 0 Å². The van der Waals surface area contributed by atoms with Crippen molar-refractivity contribution in [1.82, 2.24) is 0 Å². The molecule has 6 heteroatoms. The lowest BCUT2D eigenvalue weighted by atomic mass is 9.82. The minimum Gasteiger partial charge on any atom is -0.368 e. The topological polar surface area (TPSA) is 55.4 Å². The van der Waals surface area contributed by atoms with Gasteiger partial charge in [0.25, 0.3) is 0 Å². The van der Waals surface area contributed by atoms with E-state index in [4.69, 9.17) is 28.4 Å². The average Bonchev–Trinajstić information content (AvgIpc) is 3.14. The van der Waals surface area contributed by atoms with Crippen molar-refractivity contribution < 1.29 is 28.4 Å². The van der Waals surface area contributed by atoms with Gasteiger partial charge in [0.1, 0.15) is 36.6 Å². The molecule has 0 aromatic heterocycles. The SMILES string of the molecule is c1ccc(COC2[C@@H](OCc3ccccc3)[C@@H]3OC(c4ccccc4)O[C@@H](C3OCc3ccccc3)[C@H]2OCc2ccccc2)cc1. The van der Waals surface area contributed by atoms with Crippen LogP contribution < -0.4 is 0 Å². The second-order valence-electron chi connectivity index (χ2n) is 12.0. The quantitative estimate of drug-likeness (QED) is 0.133. The number of fused-ring (bicyclic) bond motifs is 2. The summed E-state index contributed by atoms with van der Waals surface area (Å²) in [4.78, 5) is 0. The molecule has 5 aromatic rings. The average molecular weight is 629 g/mol. The standard InChI is InChI=1S/C41H40O6/c1-6-16-30(17-7-1)26-42-35-36(43-27-31-18-8-2-9-19-31)39-38(45-29-33-22-12-4-13-23-33)40(37(35)44-28-32-20-10-3-11-21-32)47-41(46-39)34-24-14-5-15-25-34/h1-25,35-41H,26-29H2/t35?,36-,37+,38?,39+,40-,41?. The maximum atomic E-state index is 6.84. The lowest BCUT2D eigenvalue weighted by molar-refractivity contribution is -0.377. The summed E-state index contributed by atoms with van der Waals surface area (Å²) in [6, 6.07) is 50.7. The van der Waals surface area contributed by atoms with E-state index in [2.05, 4.69) is 48.5 Å². The zero-order valence-electron chi connectivity index (χ0n) is 26.3. The van der Waals surface area contributed by atoms with Gasteiger partial charge in [-0.2, -0.15) is 0 Å². The summed E-state index contributed by atoms with van der Waals surface area (Å²) in [5, 5.41) is 0. The van der Waals surface area contributed by atoms with Crippen LogP contribution in [0.3, 0.4) is 0 Å². The summed E-state index contributed by atoms with van der Waals surface area (Å²) in [6.07, 6.45) is -3.64. The van der Waals surface area contributed by atoms with Crippen molar-refractivity contribution in [3.8, 4) is 0 Å². The van der Waals surface area contributed by atoms with Gasteiger partial charge in [0.05, 0.1) is 26.4 Å². The van der Waals surface area contributed by atoms with Crippen LogP contribution in [0.5, 0.6) is 0 Å². The minimum atomic E-state index is -0.622. The second-order valence-corrected chi connectivity index (χ2v) is 12.0. The number of hydrogen-bond donors (Lipinski definition) is 0. The van der Waals surface area contributed by atoms with Gasteiger partial charge < -0.3 is 28.4 Å². The van der Waals surface area contributed by atoms with Crippen molar-refractivity contribution in [2.24, 2.45) is 0 Å². The van der Waals surface area contributed by atoms with Gasteiger partial charge in [-0.1, -0.05) is 152 Å². The first-order chi connectivity index (χ1) is 23.3. The summed E-state index contributed by atoms with van der Waals surface area (Å²) in [7, 11) is 0. The van der Waals surface area contributed by atoms with Crippen molar-refractivity contribution in [2.75, 3.05) is 0 Å². The third-order valence-electron chi connectivity index (χ3n) is 8.72. The van der Waals surface area contributed by atoms with Crippen LogP contribution in [0, 0.1) is 0 Å². The maximum Gasteiger partial charge on any atom is 0.184 e. The largest absolute Gasteiger partial charge is 0.368 e. The first-order valence-corrected chi connectivity index (χ1v) is 16.3. The molecule has 1 aliphatic carbocycles. The Hall–Kier alpha value is -4.14. The summed E-state index contributed by atoms with van der Waals surface area (Å²) < 4.78 is 40.9. The minimum absolute atomic E-state index is 0.384. The molecule has 7 rings (SSSR count). The molecule has 2 aliphatic rings. The first kappa shape index (κ1) is 31.5. The molecular formula is C41H40O6. The molecule has 47 heavy (non-hydrogen) atoms. The molecule has 0 spiro atoms. The fraction of sp³-hybridized carbons (Fsp3) is 0.268. The van der Waals surface area contributed by atoms with Gasteiger partial charge in [-0.05, 0) is 22.3 Å². The van der Waals surface area contributed by atoms with Crippen molar-refractivity contribution in [3.63, 3.8) is 0 Å². The molecule has 1 heterocycles. The molecule has 240 valence electrons. The predicted molar refractivity (Wildman–Crippen MR) is 179 cm³/mol. The highest BCUT2D eigenvalue weighted by Crippen LogP contribution is 2.43. The lowest BCUT2D eigenvalue weighted by Gasteiger charge is -2.54. The number of ether oxygens (including phenoxy) is 6. The van der Waals surface area contributed by atoms with E-state index in [9.17, 15) is 0 Å². The van der Waals surface area contributed by atoms with Crippen molar-refractivity contribution >= 4 is 0 Å². The third-order valence-corrected chi connectivity index (χ3v) is 8.72. The van der Waals surface area contributed by atoms with Crippen LogP contribution >= 0.6 is 0 Å². The van der Waals surface area contributed by atoms with Gasteiger partial charge in [0.2, 0.25) is 0 Å². The molecule has 3 unspecified atom stereocenters. The summed E-state index contributed by atoms with van der Waals surface area (Å²) in [5.41, 5.74) is 5.18. The summed E-state index contributed by atoms with van der Waals surface area (Å²) in [5.74, 6) is 0. The van der Waals surface area contributed by atoms with E-state index in [-0.39, 0.29) is 0 Å². The van der Waals surface area contributed by atoms with Crippen LogP contribution in [0.2, 0.25) is 0 Å². The Kier molecular flexibility index (Phi) is 10.5. The van der Waals surface area contributed by atoms with E-state index in [0.717, 1.165) is 27.8 Å². The third kappa shape index (κ3) is 7.88. The maximum absolute atomic E-state index is 6.84. The molecule has 0 radical (unpaired) electrons. The van der Waals surface area contributed by atoms with Crippen LogP contribution in [0.1, 0.15) is 34.1 Å². The molecular weight excluding hydrogens is 588 g/mol. The van der Waals surface area contributed by atoms with Crippen LogP contribution in [0.25, 0.3) is 0 Å². The van der Waals surface area contributed by atoms with E-state index in [1.807, 2.05) is 103 Å². The van der Waals surface area contributed by atoms with Crippen molar-refractivity contribution in [1.29, 1.82) is 0 Å². The van der Waals surface area contributed by atoms with Gasteiger partial charge in [0.15, 0.2) is 6.29 Å². The van der Waals surface area contributed by atoms with Crippen molar-refractivity contribution in [3.05, 3.63) is 179 Å². The van der Waals surface area contributed by atoms with E-state index in [1.165, 1.54) is 0 Å². The van der Waals surface area contributed by atoms with Crippen LogP contribution in [0.4, 0.5) is 0 Å². The number of rotatable bonds is 13. The van der Waals surface area contributed by atoms with Gasteiger partial charge in [-0.3, -0.25) is 0 Å². The Balaban J connectivity index is 1.26. The van der Waals surface area contributed by atoms with E-state index >= 15 is 0 Å². The molecule has 0 amide bonds. The van der Waals surface area contributed by atoms with Crippen LogP contribution in [0.15, 0.2) is 152 Å². The number of hydrogen-bond acceptors (Lipinski definition) is 6.